The van der Waals surface area contributed by atoms with Gasteiger partial charge in [-0.3, -0.25) is 0 Å². The Morgan fingerprint density at radius 3 is 2.14 bits per heavy atom. The highest BCUT2D eigenvalue weighted by Crippen LogP contribution is 2.47. The number of fused-ring (bicyclic) bond motifs is 1. The van der Waals surface area contributed by atoms with Crippen molar-refractivity contribution in [3.05, 3.63) is 65.2 Å². The normalized spacial score (nSPS) is 20.0. The van der Waals surface area contributed by atoms with Crippen LogP contribution < -0.4 is 4.90 Å². The molecule has 2 aromatic rings. The first-order chi connectivity index (χ1) is 13.0. The van der Waals surface area contributed by atoms with Crippen LogP contribution in [0.15, 0.2) is 48.5 Å². The average Bonchev–Trinajstić information content (AvgIpc) is 2.60. The van der Waals surface area contributed by atoms with Crippen molar-refractivity contribution < 1.29 is 36.2 Å². The zero-order chi connectivity index (χ0) is 20.7. The largest absolute Gasteiger partial charge is 0.479 e. The van der Waals surface area contributed by atoms with E-state index in [1.807, 2.05) is 0 Å². The van der Waals surface area contributed by atoms with Crippen molar-refractivity contribution in [2.24, 2.45) is 0 Å². The fraction of sp³-hybridized carbons (Fsp3) is 0.316. The zero-order valence-corrected chi connectivity index (χ0v) is 14.3. The summed E-state index contributed by atoms with van der Waals surface area (Å²) in [5.41, 5.74) is -3.30. The maximum absolute atomic E-state index is 13.9. The summed E-state index contributed by atoms with van der Waals surface area (Å²) in [6.45, 7) is -0.499. The summed E-state index contributed by atoms with van der Waals surface area (Å²) in [6, 6.07) is 9.77. The van der Waals surface area contributed by atoms with E-state index in [4.69, 9.17) is 0 Å². The Kier molecular flexibility index (Phi) is 4.81. The predicted molar refractivity (Wildman–Crippen MR) is 88.8 cm³/mol. The van der Waals surface area contributed by atoms with Crippen LogP contribution in [-0.4, -0.2) is 22.8 Å². The number of nitrogens with zero attached hydrogens (tertiary/aromatic N) is 1. The van der Waals surface area contributed by atoms with Gasteiger partial charge in [-0.2, -0.15) is 26.3 Å². The molecule has 0 amide bonds. The molecule has 0 aliphatic carbocycles. The second-order valence-electron chi connectivity index (χ2n) is 6.57. The average molecular weight is 403 g/mol. The van der Waals surface area contributed by atoms with Gasteiger partial charge in [0.1, 0.15) is 0 Å². The van der Waals surface area contributed by atoms with E-state index in [9.17, 15) is 36.2 Å². The van der Waals surface area contributed by atoms with Crippen molar-refractivity contribution in [2.45, 2.75) is 37.3 Å². The molecule has 0 bridgehead atoms. The third-order valence-corrected chi connectivity index (χ3v) is 4.94. The van der Waals surface area contributed by atoms with Gasteiger partial charge in [0, 0.05) is 12.2 Å². The topological polar surface area (TPSA) is 40.5 Å². The quantitative estimate of drug-likeness (QED) is 0.730. The minimum Gasteiger partial charge on any atom is -0.479 e. The molecule has 2 aromatic carbocycles. The number of benzene rings is 2. The minimum atomic E-state index is -5.09. The van der Waals surface area contributed by atoms with Gasteiger partial charge < -0.3 is 10.0 Å². The molecular formula is C19H15F6NO2. The molecule has 1 unspecified atom stereocenters. The lowest BCUT2D eigenvalue weighted by Gasteiger charge is -2.47. The number of carbonyl (C=O) groups is 1. The maximum atomic E-state index is 13.9. The van der Waals surface area contributed by atoms with Gasteiger partial charge in [0.25, 0.3) is 0 Å². The number of alkyl halides is 6. The lowest BCUT2D eigenvalue weighted by Crippen LogP contribution is -2.65. The molecule has 0 fully saturated rings. The molecule has 1 aliphatic heterocycles. The number of anilines is 1. The Hall–Kier alpha value is -2.71. The number of hydrogen-bond acceptors (Lipinski definition) is 2. The van der Waals surface area contributed by atoms with E-state index in [1.54, 1.807) is 12.1 Å². The molecule has 0 saturated carbocycles. The van der Waals surface area contributed by atoms with Crippen LogP contribution in [0.3, 0.4) is 0 Å². The first kappa shape index (κ1) is 20.0. The molecule has 3 nitrogen and oxygen atoms in total. The van der Waals surface area contributed by atoms with Crippen LogP contribution in [0.1, 0.15) is 23.1 Å². The number of aliphatic carboxylic acids is 1. The van der Waals surface area contributed by atoms with Crippen LogP contribution in [-0.2, 0) is 23.9 Å². The van der Waals surface area contributed by atoms with Crippen molar-refractivity contribution in [1.82, 2.24) is 0 Å². The van der Waals surface area contributed by atoms with Gasteiger partial charge in [0.15, 0.2) is 0 Å². The Balaban J connectivity index is 2.08. The van der Waals surface area contributed by atoms with Crippen molar-refractivity contribution >= 4 is 11.7 Å². The van der Waals surface area contributed by atoms with E-state index in [0.29, 0.717) is 5.56 Å². The van der Waals surface area contributed by atoms with Crippen LogP contribution in [0, 0.1) is 0 Å². The second kappa shape index (κ2) is 6.72. The maximum Gasteiger partial charge on any atom is 0.422 e. The number of halogens is 6. The van der Waals surface area contributed by atoms with Crippen molar-refractivity contribution in [3.63, 3.8) is 0 Å². The molecule has 0 saturated heterocycles. The van der Waals surface area contributed by atoms with E-state index in [1.165, 1.54) is 12.1 Å². The Bertz CT molecular complexity index is 875. The zero-order valence-electron chi connectivity index (χ0n) is 14.3. The molecule has 1 heterocycles. The van der Waals surface area contributed by atoms with E-state index in [0.717, 1.165) is 29.2 Å². The fourth-order valence-corrected chi connectivity index (χ4v) is 3.48. The number of carboxylic acids is 1. The van der Waals surface area contributed by atoms with E-state index in [2.05, 4.69) is 0 Å². The molecule has 0 aromatic heterocycles. The second-order valence-corrected chi connectivity index (χ2v) is 6.57. The van der Waals surface area contributed by atoms with Crippen LogP contribution >= 0.6 is 0 Å². The van der Waals surface area contributed by atoms with Gasteiger partial charge in [-0.05, 0) is 42.2 Å². The number of carboxylic acid groups (broad SMARTS) is 1. The summed E-state index contributed by atoms with van der Waals surface area (Å²) in [7, 11) is 0. The van der Waals surface area contributed by atoms with E-state index >= 15 is 0 Å². The van der Waals surface area contributed by atoms with Crippen molar-refractivity contribution in [2.75, 3.05) is 4.90 Å². The molecule has 9 heteroatoms. The van der Waals surface area contributed by atoms with Crippen LogP contribution in [0.5, 0.6) is 0 Å². The summed E-state index contributed by atoms with van der Waals surface area (Å²) in [6.07, 6.45) is -10.4. The summed E-state index contributed by atoms with van der Waals surface area (Å²) in [5.74, 6) is -2.04. The number of para-hydroxylation sites is 1. The third kappa shape index (κ3) is 3.29. The predicted octanol–water partition coefficient (Wildman–Crippen LogP) is 5.04. The first-order valence-corrected chi connectivity index (χ1v) is 8.28. The van der Waals surface area contributed by atoms with Gasteiger partial charge in [0.05, 0.1) is 5.56 Å². The molecule has 150 valence electrons. The van der Waals surface area contributed by atoms with Gasteiger partial charge in [0.2, 0.25) is 5.54 Å². The van der Waals surface area contributed by atoms with Crippen LogP contribution in [0.4, 0.5) is 32.0 Å². The number of hydrogen-bond donors (Lipinski definition) is 1. The Morgan fingerprint density at radius 1 is 1.00 bits per heavy atom. The summed E-state index contributed by atoms with van der Waals surface area (Å²) >= 11 is 0. The third-order valence-electron chi connectivity index (χ3n) is 4.94. The lowest BCUT2D eigenvalue weighted by atomic mass is 9.82. The van der Waals surface area contributed by atoms with E-state index in [-0.39, 0.29) is 17.7 Å². The van der Waals surface area contributed by atoms with Gasteiger partial charge in [-0.15, -0.1) is 0 Å². The van der Waals surface area contributed by atoms with Crippen LogP contribution in [0.2, 0.25) is 0 Å². The SMILES string of the molecule is O=C(O)C1(C(F)(F)F)CCc2ccccc2N1Cc1ccc(C(F)(F)F)cc1. The number of rotatable bonds is 3. The summed E-state index contributed by atoms with van der Waals surface area (Å²) in [4.78, 5) is 12.5. The molecule has 3 rings (SSSR count). The molecule has 1 aliphatic rings. The first-order valence-electron chi connectivity index (χ1n) is 8.28. The molecule has 1 atom stereocenters. The van der Waals surface area contributed by atoms with Gasteiger partial charge in [-0.25, -0.2) is 4.79 Å². The molecule has 0 radical (unpaired) electrons. The summed E-state index contributed by atoms with van der Waals surface area (Å²) < 4.78 is 80.0. The highest BCUT2D eigenvalue weighted by atomic mass is 19.4. The molecule has 1 N–H and O–H groups in total. The molecular weight excluding hydrogens is 388 g/mol. The highest BCUT2D eigenvalue weighted by molar-refractivity contribution is 5.86. The molecule has 28 heavy (non-hydrogen) atoms. The molecule has 0 spiro atoms. The van der Waals surface area contributed by atoms with Crippen molar-refractivity contribution in [3.8, 4) is 0 Å². The Morgan fingerprint density at radius 2 is 1.61 bits per heavy atom. The van der Waals surface area contributed by atoms with Gasteiger partial charge in [-0.1, -0.05) is 30.3 Å². The standard InChI is InChI=1S/C19H15F6NO2/c20-18(21,22)14-7-5-12(6-8-14)11-26-15-4-2-1-3-13(15)9-10-17(26,16(27)28)19(23,24)25/h1-8H,9-11H2,(H,27,28). The lowest BCUT2D eigenvalue weighted by molar-refractivity contribution is -0.205. The smallest absolute Gasteiger partial charge is 0.422 e. The van der Waals surface area contributed by atoms with Crippen LogP contribution in [0.25, 0.3) is 0 Å². The van der Waals surface area contributed by atoms with E-state index < -0.39 is 42.4 Å². The minimum absolute atomic E-state index is 0.0779. The van der Waals surface area contributed by atoms with Gasteiger partial charge >= 0.3 is 18.3 Å². The Labute approximate surface area is 156 Å². The van der Waals surface area contributed by atoms with Crippen molar-refractivity contribution in [1.29, 1.82) is 0 Å². The monoisotopic (exact) mass is 403 g/mol. The highest BCUT2D eigenvalue weighted by Gasteiger charge is 2.65. The fourth-order valence-electron chi connectivity index (χ4n) is 3.48. The number of aryl methyl sites for hydroxylation is 1. The summed E-state index contributed by atoms with van der Waals surface area (Å²) in [5, 5.41) is 9.54.